The van der Waals surface area contributed by atoms with Crippen LogP contribution in [-0.2, 0) is 5.33 Å². The van der Waals surface area contributed by atoms with Crippen LogP contribution in [0.3, 0.4) is 0 Å². The average molecular weight is 285 g/mol. The van der Waals surface area contributed by atoms with Gasteiger partial charge in [-0.05, 0) is 22.0 Å². The standard InChI is InChI=1S/C6H4Br2ClN/c7-2-4-1-6(9)5(8)3-10-4/h1,3H,2H2. The molecule has 0 atom stereocenters. The van der Waals surface area contributed by atoms with Crippen LogP contribution in [0, 0.1) is 0 Å². The third kappa shape index (κ3) is 1.94. The quantitative estimate of drug-likeness (QED) is 0.721. The van der Waals surface area contributed by atoms with Crippen LogP contribution in [0.2, 0.25) is 5.02 Å². The molecule has 0 aromatic carbocycles. The molecule has 0 aliphatic carbocycles. The topological polar surface area (TPSA) is 12.9 Å². The predicted molar refractivity (Wildman–Crippen MR) is 49.6 cm³/mol. The van der Waals surface area contributed by atoms with E-state index in [1.54, 1.807) is 6.20 Å². The summed E-state index contributed by atoms with van der Waals surface area (Å²) in [7, 11) is 0. The van der Waals surface area contributed by atoms with Crippen LogP contribution >= 0.6 is 43.5 Å². The second kappa shape index (κ2) is 3.69. The van der Waals surface area contributed by atoms with Gasteiger partial charge in [-0.1, -0.05) is 27.5 Å². The van der Waals surface area contributed by atoms with Gasteiger partial charge < -0.3 is 0 Å². The number of alkyl halides is 1. The first kappa shape index (κ1) is 8.50. The van der Waals surface area contributed by atoms with Gasteiger partial charge in [0, 0.05) is 11.5 Å². The van der Waals surface area contributed by atoms with E-state index in [0.717, 1.165) is 15.5 Å². The molecule has 54 valence electrons. The van der Waals surface area contributed by atoms with Crippen molar-refractivity contribution in [1.29, 1.82) is 0 Å². The Balaban J connectivity index is 3.04. The zero-order valence-electron chi connectivity index (χ0n) is 4.94. The third-order valence-electron chi connectivity index (χ3n) is 1.00. The molecule has 1 nitrogen and oxygen atoms in total. The van der Waals surface area contributed by atoms with E-state index in [-0.39, 0.29) is 0 Å². The number of nitrogens with zero attached hydrogens (tertiary/aromatic N) is 1. The fraction of sp³-hybridized carbons (Fsp3) is 0.167. The van der Waals surface area contributed by atoms with Gasteiger partial charge in [-0.2, -0.15) is 0 Å². The Kier molecular flexibility index (Phi) is 3.14. The summed E-state index contributed by atoms with van der Waals surface area (Å²) in [5.74, 6) is 0. The van der Waals surface area contributed by atoms with Crippen LogP contribution in [-0.4, -0.2) is 4.98 Å². The first-order chi connectivity index (χ1) is 4.74. The van der Waals surface area contributed by atoms with Gasteiger partial charge in [-0.3, -0.25) is 4.98 Å². The highest BCUT2D eigenvalue weighted by Crippen LogP contribution is 2.21. The van der Waals surface area contributed by atoms with E-state index >= 15 is 0 Å². The summed E-state index contributed by atoms with van der Waals surface area (Å²) in [6.45, 7) is 0. The molecular formula is C6H4Br2ClN. The Morgan fingerprint density at radius 1 is 1.60 bits per heavy atom. The Bertz CT molecular complexity index is 239. The van der Waals surface area contributed by atoms with Gasteiger partial charge in [0.05, 0.1) is 15.2 Å². The van der Waals surface area contributed by atoms with Crippen molar-refractivity contribution < 1.29 is 0 Å². The molecule has 0 aliphatic heterocycles. The smallest absolute Gasteiger partial charge is 0.0582 e. The first-order valence-electron chi connectivity index (χ1n) is 2.60. The minimum atomic E-state index is 0.699. The average Bonchev–Trinajstić information content (AvgIpc) is 1.95. The van der Waals surface area contributed by atoms with Gasteiger partial charge in [0.15, 0.2) is 0 Å². The lowest BCUT2D eigenvalue weighted by Crippen LogP contribution is -1.83. The van der Waals surface area contributed by atoms with E-state index < -0.39 is 0 Å². The first-order valence-corrected chi connectivity index (χ1v) is 4.89. The minimum absolute atomic E-state index is 0.699. The summed E-state index contributed by atoms with van der Waals surface area (Å²) >= 11 is 12.3. The van der Waals surface area contributed by atoms with Gasteiger partial charge >= 0.3 is 0 Å². The molecule has 1 rings (SSSR count). The number of hydrogen-bond donors (Lipinski definition) is 0. The van der Waals surface area contributed by atoms with Crippen molar-refractivity contribution >= 4 is 43.5 Å². The lowest BCUT2D eigenvalue weighted by Gasteiger charge is -1.96. The zero-order chi connectivity index (χ0) is 7.56. The summed E-state index contributed by atoms with van der Waals surface area (Å²) in [6, 6.07) is 1.82. The maximum absolute atomic E-state index is 5.78. The molecule has 0 saturated carbocycles. The maximum atomic E-state index is 5.78. The number of pyridine rings is 1. The highest BCUT2D eigenvalue weighted by Gasteiger charge is 1.97. The van der Waals surface area contributed by atoms with Crippen LogP contribution < -0.4 is 0 Å². The fourth-order valence-electron chi connectivity index (χ4n) is 0.527. The summed E-state index contributed by atoms with van der Waals surface area (Å²) in [4.78, 5) is 4.08. The van der Waals surface area contributed by atoms with Crippen molar-refractivity contribution in [2.75, 3.05) is 0 Å². The largest absolute Gasteiger partial charge is 0.259 e. The van der Waals surface area contributed by atoms with Crippen molar-refractivity contribution in [3.8, 4) is 0 Å². The summed E-state index contributed by atoms with van der Waals surface area (Å²) in [5.41, 5.74) is 0.938. The molecule has 0 bridgehead atoms. The van der Waals surface area contributed by atoms with Gasteiger partial charge in [0.1, 0.15) is 0 Å². The van der Waals surface area contributed by atoms with Crippen LogP contribution in [0.25, 0.3) is 0 Å². The zero-order valence-corrected chi connectivity index (χ0v) is 8.87. The van der Waals surface area contributed by atoms with Crippen molar-refractivity contribution in [3.63, 3.8) is 0 Å². The summed E-state index contributed by atoms with van der Waals surface area (Å²) < 4.78 is 0.832. The Morgan fingerprint density at radius 2 is 2.30 bits per heavy atom. The van der Waals surface area contributed by atoms with Crippen LogP contribution in [0.15, 0.2) is 16.7 Å². The van der Waals surface area contributed by atoms with Gasteiger partial charge in [-0.15, -0.1) is 0 Å². The highest BCUT2D eigenvalue weighted by molar-refractivity contribution is 9.10. The van der Waals surface area contributed by atoms with Crippen molar-refractivity contribution in [1.82, 2.24) is 4.98 Å². The molecule has 1 aromatic rings. The lowest BCUT2D eigenvalue weighted by atomic mass is 10.4. The highest BCUT2D eigenvalue weighted by atomic mass is 79.9. The lowest BCUT2D eigenvalue weighted by molar-refractivity contribution is 1.17. The van der Waals surface area contributed by atoms with Gasteiger partial charge in [0.25, 0.3) is 0 Å². The number of halogens is 3. The summed E-state index contributed by atoms with van der Waals surface area (Å²) in [6.07, 6.45) is 1.69. The normalized spacial score (nSPS) is 9.90. The maximum Gasteiger partial charge on any atom is 0.0582 e. The third-order valence-corrected chi connectivity index (χ3v) is 2.75. The minimum Gasteiger partial charge on any atom is -0.259 e. The SMILES string of the molecule is Clc1cc(CBr)ncc1Br. The molecule has 0 amide bonds. The number of hydrogen-bond acceptors (Lipinski definition) is 1. The van der Waals surface area contributed by atoms with E-state index in [9.17, 15) is 0 Å². The van der Waals surface area contributed by atoms with Crippen molar-refractivity contribution in [3.05, 3.63) is 27.5 Å². The predicted octanol–water partition coefficient (Wildman–Crippen LogP) is 3.39. The molecule has 0 spiro atoms. The molecular weight excluding hydrogens is 281 g/mol. The van der Waals surface area contributed by atoms with E-state index in [1.807, 2.05) is 6.07 Å². The molecule has 1 heterocycles. The van der Waals surface area contributed by atoms with E-state index in [2.05, 4.69) is 36.8 Å². The number of rotatable bonds is 1. The molecule has 0 N–H and O–H groups in total. The summed E-state index contributed by atoms with van der Waals surface area (Å²) in [5, 5.41) is 1.43. The van der Waals surface area contributed by atoms with Gasteiger partial charge in [-0.25, -0.2) is 0 Å². The Morgan fingerprint density at radius 3 is 2.80 bits per heavy atom. The van der Waals surface area contributed by atoms with Crippen LogP contribution in [0.1, 0.15) is 5.69 Å². The molecule has 0 radical (unpaired) electrons. The number of aromatic nitrogens is 1. The molecule has 4 heteroatoms. The van der Waals surface area contributed by atoms with Crippen LogP contribution in [0.5, 0.6) is 0 Å². The Labute approximate surface area is 81.1 Å². The molecule has 0 fully saturated rings. The van der Waals surface area contributed by atoms with Crippen molar-refractivity contribution in [2.45, 2.75) is 5.33 Å². The molecule has 10 heavy (non-hydrogen) atoms. The van der Waals surface area contributed by atoms with Gasteiger partial charge in [0.2, 0.25) is 0 Å². The second-order valence-corrected chi connectivity index (χ2v) is 3.55. The fourth-order valence-corrected chi connectivity index (χ4v) is 1.23. The van der Waals surface area contributed by atoms with E-state index in [1.165, 1.54) is 0 Å². The molecule has 0 unspecified atom stereocenters. The Hall–Kier alpha value is 0.400. The van der Waals surface area contributed by atoms with Crippen LogP contribution in [0.4, 0.5) is 0 Å². The monoisotopic (exact) mass is 283 g/mol. The van der Waals surface area contributed by atoms with E-state index in [0.29, 0.717) is 5.02 Å². The molecule has 0 saturated heterocycles. The molecule has 1 aromatic heterocycles. The van der Waals surface area contributed by atoms with Crippen molar-refractivity contribution in [2.24, 2.45) is 0 Å². The second-order valence-electron chi connectivity index (χ2n) is 1.72. The molecule has 0 aliphatic rings. The van der Waals surface area contributed by atoms with E-state index in [4.69, 9.17) is 11.6 Å².